The van der Waals surface area contributed by atoms with Crippen LogP contribution in [0.2, 0.25) is 0 Å². The molecule has 1 aliphatic rings. The number of hydrogen-bond donors (Lipinski definition) is 3. The Labute approximate surface area is 95.0 Å². The molecule has 0 radical (unpaired) electrons. The van der Waals surface area contributed by atoms with Crippen molar-refractivity contribution in [2.24, 2.45) is 0 Å². The van der Waals surface area contributed by atoms with Gasteiger partial charge in [0.2, 0.25) is 5.91 Å². The number of nitrogens with one attached hydrogen (secondary N) is 3. The Morgan fingerprint density at radius 2 is 2.25 bits per heavy atom. The van der Waals surface area contributed by atoms with E-state index in [2.05, 4.69) is 20.8 Å². The minimum Gasteiger partial charge on any atom is -0.313 e. The lowest BCUT2D eigenvalue weighted by Crippen LogP contribution is -2.23. The Bertz CT molecular complexity index is 381. The van der Waals surface area contributed by atoms with Gasteiger partial charge in [-0.25, -0.2) is 0 Å². The molecule has 1 aliphatic carbocycles. The molecule has 0 unspecified atom stereocenters. The van der Waals surface area contributed by atoms with E-state index in [4.69, 9.17) is 0 Å². The van der Waals surface area contributed by atoms with Crippen LogP contribution in [0, 0.1) is 13.8 Å². The van der Waals surface area contributed by atoms with E-state index in [1.165, 1.54) is 12.8 Å². The van der Waals surface area contributed by atoms with Crippen molar-refractivity contribution in [3.05, 3.63) is 11.3 Å². The van der Waals surface area contributed by atoms with E-state index in [9.17, 15) is 4.79 Å². The van der Waals surface area contributed by atoms with Crippen molar-refractivity contribution in [3.63, 3.8) is 0 Å². The maximum Gasteiger partial charge on any atom is 0.226 e. The lowest BCUT2D eigenvalue weighted by atomic mass is 10.3. The van der Waals surface area contributed by atoms with Gasteiger partial charge in [-0.2, -0.15) is 5.10 Å². The predicted octanol–water partition coefficient (Wildman–Crippen LogP) is 1.11. The highest BCUT2D eigenvalue weighted by molar-refractivity contribution is 5.90. The second-order valence-electron chi connectivity index (χ2n) is 4.35. The lowest BCUT2D eigenvalue weighted by Gasteiger charge is -2.04. The Morgan fingerprint density at radius 1 is 1.50 bits per heavy atom. The van der Waals surface area contributed by atoms with Crippen molar-refractivity contribution in [2.75, 3.05) is 11.9 Å². The molecule has 0 bridgehead atoms. The highest BCUT2D eigenvalue weighted by Gasteiger charge is 2.20. The Morgan fingerprint density at radius 3 is 2.81 bits per heavy atom. The van der Waals surface area contributed by atoms with Gasteiger partial charge in [-0.1, -0.05) is 0 Å². The average Bonchev–Trinajstić information content (AvgIpc) is 3.01. The van der Waals surface area contributed by atoms with E-state index >= 15 is 0 Å². The molecule has 16 heavy (non-hydrogen) atoms. The quantitative estimate of drug-likeness (QED) is 0.699. The van der Waals surface area contributed by atoms with Gasteiger partial charge >= 0.3 is 0 Å². The van der Waals surface area contributed by atoms with Gasteiger partial charge in [-0.15, -0.1) is 0 Å². The summed E-state index contributed by atoms with van der Waals surface area (Å²) in [5, 5.41) is 13.0. The number of aromatic amines is 1. The van der Waals surface area contributed by atoms with Crippen molar-refractivity contribution >= 4 is 11.7 Å². The summed E-state index contributed by atoms with van der Waals surface area (Å²) in [6.45, 7) is 4.63. The third-order valence-electron chi connectivity index (χ3n) is 2.87. The summed E-state index contributed by atoms with van der Waals surface area (Å²) in [6.07, 6.45) is 3.00. The molecule has 1 heterocycles. The summed E-state index contributed by atoms with van der Waals surface area (Å²) in [7, 11) is 0. The summed E-state index contributed by atoms with van der Waals surface area (Å²) >= 11 is 0. The number of aryl methyl sites for hydroxylation is 1. The van der Waals surface area contributed by atoms with Crippen LogP contribution in [-0.2, 0) is 4.79 Å². The number of carbonyl (C=O) groups excluding carboxylic acids is 1. The predicted molar refractivity (Wildman–Crippen MR) is 62.3 cm³/mol. The molecule has 88 valence electrons. The fraction of sp³-hybridized carbons (Fsp3) is 0.636. The normalized spacial score (nSPS) is 15.1. The van der Waals surface area contributed by atoms with E-state index in [-0.39, 0.29) is 5.91 Å². The molecule has 1 aromatic heterocycles. The first-order valence-corrected chi connectivity index (χ1v) is 5.71. The molecule has 0 aromatic carbocycles. The van der Waals surface area contributed by atoms with Gasteiger partial charge in [-0.05, 0) is 26.7 Å². The first-order chi connectivity index (χ1) is 7.66. The van der Waals surface area contributed by atoms with Gasteiger partial charge in [0.25, 0.3) is 0 Å². The van der Waals surface area contributed by atoms with Crippen LogP contribution < -0.4 is 10.6 Å². The number of anilines is 1. The summed E-state index contributed by atoms with van der Waals surface area (Å²) < 4.78 is 0. The number of amides is 1. The van der Waals surface area contributed by atoms with Crippen LogP contribution >= 0.6 is 0 Å². The molecule has 0 saturated heterocycles. The van der Waals surface area contributed by atoms with Gasteiger partial charge < -0.3 is 10.6 Å². The molecule has 2 rings (SSSR count). The van der Waals surface area contributed by atoms with Gasteiger partial charge in [0.1, 0.15) is 0 Å². The molecule has 5 nitrogen and oxygen atoms in total. The molecule has 1 saturated carbocycles. The largest absolute Gasteiger partial charge is 0.313 e. The lowest BCUT2D eigenvalue weighted by molar-refractivity contribution is -0.116. The summed E-state index contributed by atoms with van der Waals surface area (Å²) in [5.41, 5.74) is 2.00. The van der Waals surface area contributed by atoms with Crippen LogP contribution in [-0.4, -0.2) is 28.7 Å². The first-order valence-electron chi connectivity index (χ1n) is 5.71. The van der Waals surface area contributed by atoms with Crippen LogP contribution in [0.25, 0.3) is 0 Å². The number of hydrogen-bond acceptors (Lipinski definition) is 3. The second kappa shape index (κ2) is 4.65. The van der Waals surface area contributed by atoms with E-state index in [0.717, 1.165) is 17.8 Å². The number of aromatic nitrogens is 2. The van der Waals surface area contributed by atoms with Crippen LogP contribution in [0.5, 0.6) is 0 Å². The van der Waals surface area contributed by atoms with Crippen molar-refractivity contribution in [1.82, 2.24) is 15.5 Å². The maximum atomic E-state index is 11.6. The maximum absolute atomic E-state index is 11.6. The molecule has 1 fully saturated rings. The van der Waals surface area contributed by atoms with Crippen molar-refractivity contribution in [1.29, 1.82) is 0 Å². The molecular formula is C11H18N4O. The molecule has 0 aliphatic heterocycles. The van der Waals surface area contributed by atoms with Crippen LogP contribution in [0.3, 0.4) is 0 Å². The molecule has 3 N–H and O–H groups in total. The zero-order valence-electron chi connectivity index (χ0n) is 9.76. The number of carbonyl (C=O) groups is 1. The summed E-state index contributed by atoms with van der Waals surface area (Å²) in [5.74, 6) is 0.664. The molecule has 0 spiro atoms. The molecule has 0 atom stereocenters. The third-order valence-corrected chi connectivity index (χ3v) is 2.87. The Kier molecular flexibility index (Phi) is 3.24. The number of rotatable bonds is 5. The smallest absolute Gasteiger partial charge is 0.226 e. The highest BCUT2D eigenvalue weighted by atomic mass is 16.1. The van der Waals surface area contributed by atoms with Crippen molar-refractivity contribution in [2.45, 2.75) is 39.2 Å². The minimum absolute atomic E-state index is 0.0164. The van der Waals surface area contributed by atoms with E-state index in [1.54, 1.807) is 0 Å². The minimum atomic E-state index is 0.0164. The van der Waals surface area contributed by atoms with E-state index in [1.807, 2.05) is 13.8 Å². The monoisotopic (exact) mass is 222 g/mol. The first kappa shape index (κ1) is 11.1. The topological polar surface area (TPSA) is 69.8 Å². The van der Waals surface area contributed by atoms with Crippen LogP contribution in [0.1, 0.15) is 30.5 Å². The fourth-order valence-corrected chi connectivity index (χ4v) is 1.48. The van der Waals surface area contributed by atoms with Gasteiger partial charge in [0.05, 0.1) is 0 Å². The SMILES string of the molecule is Cc1[nH]nc(NC(=O)CCNC2CC2)c1C. The van der Waals surface area contributed by atoms with Crippen molar-refractivity contribution in [3.8, 4) is 0 Å². The van der Waals surface area contributed by atoms with Gasteiger partial charge in [0.15, 0.2) is 5.82 Å². The molecule has 1 amide bonds. The zero-order valence-corrected chi connectivity index (χ0v) is 9.76. The van der Waals surface area contributed by atoms with Gasteiger partial charge in [0, 0.05) is 30.3 Å². The number of nitrogens with zero attached hydrogens (tertiary/aromatic N) is 1. The Balaban J connectivity index is 1.75. The van der Waals surface area contributed by atoms with Gasteiger partial charge in [-0.3, -0.25) is 9.89 Å². The second-order valence-corrected chi connectivity index (χ2v) is 4.35. The third kappa shape index (κ3) is 2.82. The fourth-order valence-electron chi connectivity index (χ4n) is 1.48. The Hall–Kier alpha value is -1.36. The summed E-state index contributed by atoms with van der Waals surface area (Å²) in [6, 6.07) is 0.655. The average molecular weight is 222 g/mol. The highest BCUT2D eigenvalue weighted by Crippen LogP contribution is 2.18. The molecular weight excluding hydrogens is 204 g/mol. The van der Waals surface area contributed by atoms with E-state index < -0.39 is 0 Å². The standard InChI is InChI=1S/C11H18N4O/c1-7-8(2)14-15-11(7)13-10(16)5-6-12-9-3-4-9/h9,12H,3-6H2,1-2H3,(H2,13,14,15,16). The van der Waals surface area contributed by atoms with Crippen molar-refractivity contribution < 1.29 is 4.79 Å². The van der Waals surface area contributed by atoms with Crippen LogP contribution in [0.4, 0.5) is 5.82 Å². The number of H-pyrrole nitrogens is 1. The summed E-state index contributed by atoms with van der Waals surface area (Å²) in [4.78, 5) is 11.6. The zero-order chi connectivity index (χ0) is 11.5. The van der Waals surface area contributed by atoms with E-state index in [0.29, 0.717) is 18.3 Å². The molecule has 5 heteroatoms. The van der Waals surface area contributed by atoms with Crippen LogP contribution in [0.15, 0.2) is 0 Å². The molecule has 1 aromatic rings.